The molecule has 0 atom stereocenters. The highest BCUT2D eigenvalue weighted by Gasteiger charge is 2.18. The molecule has 8 nitrogen and oxygen atoms in total. The zero-order valence-electron chi connectivity index (χ0n) is 19.7. The van der Waals surface area contributed by atoms with Crippen molar-refractivity contribution in [3.8, 4) is 5.75 Å². The SMILES string of the molecule is CC(=O)NCCc1c[nH]c2ccc(OC(=O)NCNc3c4c(nc5ccccc35)CCCC4)cc12. The molecule has 5 rings (SSSR count). The van der Waals surface area contributed by atoms with Crippen LogP contribution in [0.15, 0.2) is 48.7 Å². The highest BCUT2D eigenvalue weighted by atomic mass is 16.6. The minimum absolute atomic E-state index is 0.0561. The zero-order valence-corrected chi connectivity index (χ0v) is 19.7. The Morgan fingerprint density at radius 1 is 1.06 bits per heavy atom. The molecule has 0 saturated carbocycles. The Morgan fingerprint density at radius 3 is 2.80 bits per heavy atom. The molecule has 1 aliphatic carbocycles. The number of fused-ring (bicyclic) bond motifs is 3. The molecule has 35 heavy (non-hydrogen) atoms. The van der Waals surface area contributed by atoms with Crippen LogP contribution in [0.25, 0.3) is 21.8 Å². The van der Waals surface area contributed by atoms with E-state index in [1.807, 2.05) is 36.5 Å². The van der Waals surface area contributed by atoms with Gasteiger partial charge in [-0.1, -0.05) is 18.2 Å². The fourth-order valence-electron chi connectivity index (χ4n) is 4.72. The molecule has 180 valence electrons. The van der Waals surface area contributed by atoms with Crippen LogP contribution in [0.5, 0.6) is 5.75 Å². The van der Waals surface area contributed by atoms with Gasteiger partial charge in [0.25, 0.3) is 0 Å². The Kier molecular flexibility index (Phi) is 6.52. The first-order chi connectivity index (χ1) is 17.1. The highest BCUT2D eigenvalue weighted by molar-refractivity contribution is 5.93. The largest absolute Gasteiger partial charge is 0.413 e. The number of benzene rings is 2. The van der Waals surface area contributed by atoms with Gasteiger partial charge in [0.15, 0.2) is 0 Å². The van der Waals surface area contributed by atoms with Crippen molar-refractivity contribution in [2.24, 2.45) is 0 Å². The molecule has 0 spiro atoms. The molecule has 0 radical (unpaired) electrons. The average Bonchev–Trinajstić information content (AvgIpc) is 3.25. The molecule has 1 aliphatic rings. The van der Waals surface area contributed by atoms with Crippen molar-refractivity contribution in [3.05, 3.63) is 65.5 Å². The predicted octanol–water partition coefficient (Wildman–Crippen LogP) is 4.43. The summed E-state index contributed by atoms with van der Waals surface area (Å²) in [6.45, 7) is 2.29. The third kappa shape index (κ3) is 5.06. The topological polar surface area (TPSA) is 108 Å². The minimum atomic E-state index is -0.528. The predicted molar refractivity (Wildman–Crippen MR) is 137 cm³/mol. The van der Waals surface area contributed by atoms with Crippen LogP contribution in [0.4, 0.5) is 10.5 Å². The van der Waals surface area contributed by atoms with E-state index in [9.17, 15) is 9.59 Å². The molecular weight excluding hydrogens is 442 g/mol. The monoisotopic (exact) mass is 471 g/mol. The second-order valence-electron chi connectivity index (χ2n) is 8.81. The summed E-state index contributed by atoms with van der Waals surface area (Å²) >= 11 is 0. The van der Waals surface area contributed by atoms with Gasteiger partial charge in [0.05, 0.1) is 12.2 Å². The average molecular weight is 472 g/mol. The summed E-state index contributed by atoms with van der Waals surface area (Å²) in [4.78, 5) is 31.7. The highest BCUT2D eigenvalue weighted by Crippen LogP contribution is 2.33. The van der Waals surface area contributed by atoms with Crippen LogP contribution in [0.1, 0.15) is 36.6 Å². The van der Waals surface area contributed by atoms with Gasteiger partial charge in [-0.3, -0.25) is 9.78 Å². The maximum absolute atomic E-state index is 12.5. The molecule has 4 N–H and O–H groups in total. The minimum Gasteiger partial charge on any atom is -0.410 e. The molecule has 4 aromatic rings. The van der Waals surface area contributed by atoms with Crippen molar-refractivity contribution in [2.45, 2.75) is 39.0 Å². The number of carbonyl (C=O) groups is 2. The van der Waals surface area contributed by atoms with Gasteiger partial charge in [-0.25, -0.2) is 4.79 Å². The Balaban J connectivity index is 1.24. The molecule has 0 aliphatic heterocycles. The third-order valence-corrected chi connectivity index (χ3v) is 6.38. The number of anilines is 1. The summed E-state index contributed by atoms with van der Waals surface area (Å²) < 4.78 is 5.54. The Hall–Kier alpha value is -4.07. The lowest BCUT2D eigenvalue weighted by Crippen LogP contribution is -2.32. The summed E-state index contributed by atoms with van der Waals surface area (Å²) in [6, 6.07) is 13.6. The first-order valence-electron chi connectivity index (χ1n) is 12.0. The fourth-order valence-corrected chi connectivity index (χ4v) is 4.72. The Morgan fingerprint density at radius 2 is 1.91 bits per heavy atom. The number of H-pyrrole nitrogens is 1. The van der Waals surface area contributed by atoms with Gasteiger partial charge in [0.2, 0.25) is 5.91 Å². The number of aromatic nitrogens is 2. The number of ether oxygens (including phenoxy) is 1. The molecule has 0 unspecified atom stereocenters. The third-order valence-electron chi connectivity index (χ3n) is 6.38. The normalized spacial score (nSPS) is 12.8. The Labute approximate surface area is 203 Å². The van der Waals surface area contributed by atoms with E-state index in [1.54, 1.807) is 6.07 Å². The van der Waals surface area contributed by atoms with Gasteiger partial charge < -0.3 is 25.7 Å². The number of para-hydroxylation sites is 1. The second-order valence-corrected chi connectivity index (χ2v) is 8.81. The number of nitrogens with one attached hydrogen (secondary N) is 4. The van der Waals surface area contributed by atoms with E-state index in [-0.39, 0.29) is 12.6 Å². The van der Waals surface area contributed by atoms with E-state index < -0.39 is 6.09 Å². The van der Waals surface area contributed by atoms with Gasteiger partial charge in [-0.2, -0.15) is 0 Å². The first kappa shape index (κ1) is 22.7. The van der Waals surface area contributed by atoms with E-state index in [1.165, 1.54) is 12.5 Å². The summed E-state index contributed by atoms with van der Waals surface area (Å²) in [5.41, 5.74) is 6.40. The van der Waals surface area contributed by atoms with Crippen LogP contribution in [-0.4, -0.2) is 35.2 Å². The molecule has 0 saturated heterocycles. The van der Waals surface area contributed by atoms with E-state index in [2.05, 4.69) is 27.0 Å². The first-order valence-corrected chi connectivity index (χ1v) is 12.0. The maximum Gasteiger partial charge on any atom is 0.413 e. The van der Waals surface area contributed by atoms with Gasteiger partial charge in [0, 0.05) is 47.3 Å². The molecule has 0 fully saturated rings. The van der Waals surface area contributed by atoms with Gasteiger partial charge in [-0.15, -0.1) is 0 Å². The Bertz CT molecular complexity index is 1390. The number of hydrogen-bond donors (Lipinski definition) is 4. The standard InChI is InChI=1S/C27H29N5O3/c1-17(33)28-13-12-18-15-29-23-11-10-19(14-22(18)23)35-27(34)31-16-30-26-20-6-2-4-8-24(20)32-25-9-5-3-7-21(25)26/h2,4,6,8,10-11,14-15,29H,3,5,7,9,12-13,16H2,1H3,(H,28,33)(H,30,32)(H,31,34). The van der Waals surface area contributed by atoms with Crippen molar-refractivity contribution in [2.75, 3.05) is 18.5 Å². The smallest absolute Gasteiger partial charge is 0.410 e. The number of amides is 2. The van der Waals surface area contributed by atoms with Crippen LogP contribution < -0.4 is 20.7 Å². The number of aryl methyl sites for hydroxylation is 1. The fraction of sp³-hybridized carbons (Fsp3) is 0.296. The van der Waals surface area contributed by atoms with E-state index >= 15 is 0 Å². The van der Waals surface area contributed by atoms with Crippen molar-refractivity contribution >= 4 is 39.5 Å². The number of carbonyl (C=O) groups excluding carboxylic acids is 2. The number of pyridine rings is 1. The van der Waals surface area contributed by atoms with Crippen LogP contribution >= 0.6 is 0 Å². The number of aromatic amines is 1. The summed E-state index contributed by atoms with van der Waals surface area (Å²) in [5.74, 6) is 0.404. The number of nitrogens with zero attached hydrogens (tertiary/aromatic N) is 1. The van der Waals surface area contributed by atoms with Crippen molar-refractivity contribution in [3.63, 3.8) is 0 Å². The van der Waals surface area contributed by atoms with Crippen LogP contribution in [0.2, 0.25) is 0 Å². The molecule has 2 aromatic heterocycles. The molecule has 2 amide bonds. The summed E-state index contributed by atoms with van der Waals surface area (Å²) in [6.07, 6.45) is 6.34. The molecule has 2 aromatic carbocycles. The summed E-state index contributed by atoms with van der Waals surface area (Å²) in [7, 11) is 0. The van der Waals surface area contributed by atoms with Gasteiger partial charge in [0.1, 0.15) is 5.75 Å². The van der Waals surface area contributed by atoms with E-state index in [0.717, 1.165) is 64.4 Å². The quantitative estimate of drug-likeness (QED) is 0.298. The molecule has 0 bridgehead atoms. The lowest BCUT2D eigenvalue weighted by molar-refractivity contribution is -0.118. The van der Waals surface area contributed by atoms with Crippen LogP contribution in [-0.2, 0) is 24.1 Å². The molecule has 8 heteroatoms. The van der Waals surface area contributed by atoms with E-state index in [0.29, 0.717) is 18.7 Å². The molecule has 2 heterocycles. The lowest BCUT2D eigenvalue weighted by Gasteiger charge is -2.21. The number of rotatable bonds is 7. The van der Waals surface area contributed by atoms with Crippen LogP contribution in [0.3, 0.4) is 0 Å². The van der Waals surface area contributed by atoms with Gasteiger partial charge in [-0.05, 0) is 67.5 Å². The van der Waals surface area contributed by atoms with Gasteiger partial charge >= 0.3 is 6.09 Å². The van der Waals surface area contributed by atoms with Crippen molar-refractivity contribution in [1.82, 2.24) is 20.6 Å². The maximum atomic E-state index is 12.5. The van der Waals surface area contributed by atoms with Crippen molar-refractivity contribution < 1.29 is 14.3 Å². The number of hydrogen-bond acceptors (Lipinski definition) is 5. The van der Waals surface area contributed by atoms with Crippen LogP contribution in [0, 0.1) is 0 Å². The zero-order chi connectivity index (χ0) is 24.2. The summed E-state index contributed by atoms with van der Waals surface area (Å²) in [5, 5.41) is 11.0. The molecular formula is C27H29N5O3. The van der Waals surface area contributed by atoms with Crippen molar-refractivity contribution in [1.29, 1.82) is 0 Å². The lowest BCUT2D eigenvalue weighted by atomic mass is 9.93. The van der Waals surface area contributed by atoms with E-state index in [4.69, 9.17) is 9.72 Å². The second kappa shape index (κ2) is 10.0.